The molecule has 1 aromatic heterocycles. The molecule has 1 saturated heterocycles. The van der Waals surface area contributed by atoms with Crippen molar-refractivity contribution in [2.75, 3.05) is 44.6 Å². The average molecular weight is 323 g/mol. The molecule has 0 radical (unpaired) electrons. The van der Waals surface area contributed by atoms with Crippen LogP contribution in [0.5, 0.6) is 0 Å². The maximum absolute atomic E-state index is 12.1. The highest BCUT2D eigenvalue weighted by molar-refractivity contribution is 5.88. The van der Waals surface area contributed by atoms with Crippen LogP contribution in [0.1, 0.15) is 19.6 Å². The molecule has 1 aliphatic heterocycles. The number of aromatic nitrogens is 1. The molecule has 23 heavy (non-hydrogen) atoms. The lowest BCUT2D eigenvalue weighted by molar-refractivity contribution is -0.122. The third kappa shape index (κ3) is 5.55. The number of hydrogen-bond donors (Lipinski definition) is 2. The number of rotatable bonds is 5. The van der Waals surface area contributed by atoms with Crippen LogP contribution < -0.4 is 10.6 Å². The Morgan fingerprint density at radius 2 is 2.00 bits per heavy atom. The minimum atomic E-state index is -0.192. The first kappa shape index (κ1) is 17.3. The first-order valence-corrected chi connectivity index (χ1v) is 7.92. The molecule has 2 N–H and O–H groups in total. The lowest BCUT2D eigenvalue weighted by Crippen LogP contribution is -2.52. The van der Waals surface area contributed by atoms with Gasteiger partial charge in [0, 0.05) is 38.8 Å². The van der Waals surface area contributed by atoms with E-state index in [0.717, 1.165) is 0 Å². The zero-order valence-corrected chi connectivity index (χ0v) is 14.0. The predicted molar refractivity (Wildman–Crippen MR) is 86.1 cm³/mol. The first-order chi connectivity index (χ1) is 10.9. The maximum Gasteiger partial charge on any atom is 0.323 e. The van der Waals surface area contributed by atoms with Gasteiger partial charge in [-0.2, -0.15) is 0 Å². The number of anilines is 1. The van der Waals surface area contributed by atoms with Crippen molar-refractivity contribution in [3.05, 3.63) is 11.8 Å². The van der Waals surface area contributed by atoms with E-state index in [-0.39, 0.29) is 11.9 Å². The van der Waals surface area contributed by atoms with Crippen molar-refractivity contribution in [1.82, 2.24) is 20.3 Å². The number of nitrogens with one attached hydrogen (secondary N) is 2. The molecule has 0 bridgehead atoms. The van der Waals surface area contributed by atoms with E-state index in [4.69, 9.17) is 4.52 Å². The molecule has 0 aromatic carbocycles. The Balaban J connectivity index is 1.71. The molecule has 0 unspecified atom stereocenters. The summed E-state index contributed by atoms with van der Waals surface area (Å²) in [5, 5.41) is 9.35. The number of nitrogens with zero attached hydrogens (tertiary/aromatic N) is 3. The van der Waals surface area contributed by atoms with Crippen molar-refractivity contribution in [2.45, 2.75) is 20.8 Å². The zero-order chi connectivity index (χ0) is 16.8. The maximum atomic E-state index is 12.1. The Morgan fingerprint density at radius 1 is 1.30 bits per heavy atom. The third-order valence-corrected chi connectivity index (χ3v) is 3.60. The predicted octanol–water partition coefficient (Wildman–Crippen LogP) is 0.905. The number of hydrogen-bond acceptors (Lipinski definition) is 5. The van der Waals surface area contributed by atoms with Gasteiger partial charge in [-0.05, 0) is 12.8 Å². The van der Waals surface area contributed by atoms with E-state index in [1.807, 2.05) is 0 Å². The van der Waals surface area contributed by atoms with Crippen LogP contribution in [0.15, 0.2) is 10.6 Å². The number of amides is 3. The topological polar surface area (TPSA) is 90.7 Å². The second kappa shape index (κ2) is 7.96. The van der Waals surface area contributed by atoms with E-state index in [2.05, 4.69) is 34.5 Å². The number of urea groups is 1. The molecule has 128 valence electrons. The smallest absolute Gasteiger partial charge is 0.323 e. The molecule has 1 aliphatic rings. The summed E-state index contributed by atoms with van der Waals surface area (Å²) in [5.41, 5.74) is 0. The fourth-order valence-electron chi connectivity index (χ4n) is 2.30. The molecule has 0 spiro atoms. The lowest BCUT2D eigenvalue weighted by Gasteiger charge is -2.34. The van der Waals surface area contributed by atoms with E-state index in [0.29, 0.717) is 56.8 Å². The number of piperazine rings is 1. The summed E-state index contributed by atoms with van der Waals surface area (Å²) in [5.74, 6) is 1.55. The fraction of sp³-hybridized carbons (Fsp3) is 0.667. The molecule has 2 rings (SSSR count). The van der Waals surface area contributed by atoms with Crippen molar-refractivity contribution >= 4 is 17.8 Å². The molecular formula is C15H25N5O3. The molecule has 1 fully saturated rings. The lowest BCUT2D eigenvalue weighted by atomic mass is 10.2. The Labute approximate surface area is 136 Å². The largest absolute Gasteiger partial charge is 0.360 e. The summed E-state index contributed by atoms with van der Waals surface area (Å²) < 4.78 is 4.92. The van der Waals surface area contributed by atoms with E-state index < -0.39 is 0 Å². The van der Waals surface area contributed by atoms with Gasteiger partial charge in [-0.1, -0.05) is 19.0 Å². The third-order valence-electron chi connectivity index (χ3n) is 3.60. The van der Waals surface area contributed by atoms with Crippen LogP contribution in [0.2, 0.25) is 0 Å². The van der Waals surface area contributed by atoms with Gasteiger partial charge in [-0.3, -0.25) is 15.0 Å². The summed E-state index contributed by atoms with van der Waals surface area (Å²) in [4.78, 5) is 27.7. The summed E-state index contributed by atoms with van der Waals surface area (Å²) >= 11 is 0. The van der Waals surface area contributed by atoms with Gasteiger partial charge in [-0.15, -0.1) is 0 Å². The molecule has 3 amide bonds. The van der Waals surface area contributed by atoms with Crippen LogP contribution in [-0.4, -0.2) is 66.2 Å². The Bertz CT molecular complexity index is 535. The SMILES string of the molecule is Cc1cc(NC(=O)N2CCN(CC(=O)NCC(C)C)CC2)no1. The minimum Gasteiger partial charge on any atom is -0.360 e. The summed E-state index contributed by atoms with van der Waals surface area (Å²) in [7, 11) is 0. The Kier molecular flexibility index (Phi) is 5.97. The van der Waals surface area contributed by atoms with Gasteiger partial charge < -0.3 is 14.7 Å². The molecule has 8 heteroatoms. The minimum absolute atomic E-state index is 0.0367. The summed E-state index contributed by atoms with van der Waals surface area (Å²) in [6.45, 7) is 9.50. The zero-order valence-electron chi connectivity index (χ0n) is 14.0. The number of aryl methyl sites for hydroxylation is 1. The second-order valence-corrected chi connectivity index (χ2v) is 6.21. The highest BCUT2D eigenvalue weighted by atomic mass is 16.5. The van der Waals surface area contributed by atoms with Gasteiger partial charge in [0.15, 0.2) is 5.82 Å². The molecule has 8 nitrogen and oxygen atoms in total. The van der Waals surface area contributed by atoms with Crippen LogP contribution in [0.4, 0.5) is 10.6 Å². The van der Waals surface area contributed by atoms with Gasteiger partial charge in [0.05, 0.1) is 6.54 Å². The highest BCUT2D eigenvalue weighted by Gasteiger charge is 2.23. The molecule has 2 heterocycles. The van der Waals surface area contributed by atoms with E-state index in [9.17, 15) is 9.59 Å². The monoisotopic (exact) mass is 323 g/mol. The molecular weight excluding hydrogens is 298 g/mol. The average Bonchev–Trinajstić information content (AvgIpc) is 2.91. The van der Waals surface area contributed by atoms with Gasteiger partial charge in [0.2, 0.25) is 5.91 Å². The van der Waals surface area contributed by atoms with Gasteiger partial charge >= 0.3 is 6.03 Å². The van der Waals surface area contributed by atoms with Crippen LogP contribution in [0, 0.1) is 12.8 Å². The van der Waals surface area contributed by atoms with Crippen molar-refractivity contribution < 1.29 is 14.1 Å². The van der Waals surface area contributed by atoms with Gasteiger partial charge in [0.1, 0.15) is 5.76 Å². The normalized spacial score (nSPS) is 15.7. The molecule has 0 saturated carbocycles. The number of carbonyl (C=O) groups excluding carboxylic acids is 2. The first-order valence-electron chi connectivity index (χ1n) is 7.92. The molecule has 0 atom stereocenters. The van der Waals surface area contributed by atoms with E-state index >= 15 is 0 Å². The van der Waals surface area contributed by atoms with E-state index in [1.54, 1.807) is 17.9 Å². The molecule has 0 aliphatic carbocycles. The fourth-order valence-corrected chi connectivity index (χ4v) is 2.30. The quantitative estimate of drug-likeness (QED) is 0.840. The molecule has 1 aromatic rings. The van der Waals surface area contributed by atoms with Crippen LogP contribution in [0.3, 0.4) is 0 Å². The van der Waals surface area contributed by atoms with Crippen molar-refractivity contribution in [1.29, 1.82) is 0 Å². The Morgan fingerprint density at radius 3 is 2.57 bits per heavy atom. The van der Waals surface area contributed by atoms with Crippen molar-refractivity contribution in [3.63, 3.8) is 0 Å². The Hall–Kier alpha value is -2.09. The van der Waals surface area contributed by atoms with Crippen molar-refractivity contribution in [3.8, 4) is 0 Å². The second-order valence-electron chi connectivity index (χ2n) is 6.21. The van der Waals surface area contributed by atoms with E-state index in [1.165, 1.54) is 0 Å². The van der Waals surface area contributed by atoms with Gasteiger partial charge in [0.25, 0.3) is 0 Å². The summed E-state index contributed by atoms with van der Waals surface area (Å²) in [6.07, 6.45) is 0. The van der Waals surface area contributed by atoms with Crippen LogP contribution in [-0.2, 0) is 4.79 Å². The standard InChI is InChI=1S/C15H25N5O3/c1-11(2)9-16-14(21)10-19-4-6-20(7-5-19)15(22)17-13-8-12(3)23-18-13/h8,11H,4-7,9-10H2,1-3H3,(H,16,21)(H,17,18,22). The highest BCUT2D eigenvalue weighted by Crippen LogP contribution is 2.09. The summed E-state index contributed by atoms with van der Waals surface area (Å²) in [6, 6.07) is 1.48. The van der Waals surface area contributed by atoms with Gasteiger partial charge in [-0.25, -0.2) is 4.79 Å². The van der Waals surface area contributed by atoms with Crippen LogP contribution in [0.25, 0.3) is 0 Å². The van der Waals surface area contributed by atoms with Crippen LogP contribution >= 0.6 is 0 Å². The number of carbonyl (C=O) groups is 2. The van der Waals surface area contributed by atoms with Crippen molar-refractivity contribution in [2.24, 2.45) is 5.92 Å².